The molecule has 15 heavy (non-hydrogen) atoms. The van der Waals surface area contributed by atoms with E-state index in [-0.39, 0.29) is 6.61 Å². The molecule has 0 saturated carbocycles. The summed E-state index contributed by atoms with van der Waals surface area (Å²) in [6.07, 6.45) is 6.08. The first-order valence-corrected chi connectivity index (χ1v) is 5.62. The van der Waals surface area contributed by atoms with E-state index >= 15 is 0 Å². The van der Waals surface area contributed by atoms with Crippen LogP contribution in [-0.4, -0.2) is 11.7 Å². The fraction of sp³-hybridized carbons (Fsp3) is 0.429. The molecule has 1 N–H and O–H groups in total. The van der Waals surface area contributed by atoms with Gasteiger partial charge in [0.15, 0.2) is 0 Å². The standard InChI is InChI=1S/C14H20O/c1-2-6-13(11-12-15)9-10-14-7-4-3-5-8-14/h2-5,7-8,13,15H,1,6,9-12H2. The molecular formula is C14H20O. The maximum atomic E-state index is 8.93. The number of allylic oxidation sites excluding steroid dienone is 1. The topological polar surface area (TPSA) is 20.2 Å². The monoisotopic (exact) mass is 204 g/mol. The van der Waals surface area contributed by atoms with Gasteiger partial charge in [0, 0.05) is 6.61 Å². The third-order valence-electron chi connectivity index (χ3n) is 2.72. The minimum Gasteiger partial charge on any atom is -0.396 e. The van der Waals surface area contributed by atoms with E-state index in [4.69, 9.17) is 5.11 Å². The maximum absolute atomic E-state index is 8.93. The summed E-state index contributed by atoms with van der Waals surface area (Å²) in [5.41, 5.74) is 1.38. The van der Waals surface area contributed by atoms with Gasteiger partial charge in [-0.2, -0.15) is 0 Å². The molecule has 0 spiro atoms. The van der Waals surface area contributed by atoms with Gasteiger partial charge in [-0.25, -0.2) is 0 Å². The van der Waals surface area contributed by atoms with Crippen molar-refractivity contribution in [3.05, 3.63) is 48.6 Å². The Balaban J connectivity index is 2.36. The molecule has 0 saturated heterocycles. The lowest BCUT2D eigenvalue weighted by atomic mass is 9.94. The number of aliphatic hydroxyl groups excluding tert-OH is 1. The van der Waals surface area contributed by atoms with Crippen LogP contribution in [0.2, 0.25) is 0 Å². The van der Waals surface area contributed by atoms with E-state index in [1.807, 2.05) is 12.1 Å². The lowest BCUT2D eigenvalue weighted by molar-refractivity contribution is 0.252. The number of aliphatic hydroxyl groups is 1. The van der Waals surface area contributed by atoms with Crippen molar-refractivity contribution in [1.29, 1.82) is 0 Å². The van der Waals surface area contributed by atoms with Gasteiger partial charge in [0.25, 0.3) is 0 Å². The van der Waals surface area contributed by atoms with Gasteiger partial charge in [0.05, 0.1) is 0 Å². The van der Waals surface area contributed by atoms with Gasteiger partial charge >= 0.3 is 0 Å². The molecule has 1 aromatic rings. The average molecular weight is 204 g/mol. The van der Waals surface area contributed by atoms with Crippen molar-refractivity contribution >= 4 is 0 Å². The summed E-state index contributed by atoms with van der Waals surface area (Å²) >= 11 is 0. The third kappa shape index (κ3) is 4.80. The van der Waals surface area contributed by atoms with Crippen LogP contribution >= 0.6 is 0 Å². The second-order valence-corrected chi connectivity index (χ2v) is 3.93. The number of benzene rings is 1. The molecule has 1 unspecified atom stereocenters. The molecule has 0 aliphatic heterocycles. The number of aryl methyl sites for hydroxylation is 1. The number of rotatable bonds is 7. The van der Waals surface area contributed by atoms with Crippen LogP contribution in [0.4, 0.5) is 0 Å². The van der Waals surface area contributed by atoms with E-state index in [0.29, 0.717) is 5.92 Å². The van der Waals surface area contributed by atoms with Gasteiger partial charge in [-0.05, 0) is 37.2 Å². The van der Waals surface area contributed by atoms with Crippen LogP contribution in [0.3, 0.4) is 0 Å². The van der Waals surface area contributed by atoms with Crippen molar-refractivity contribution in [2.75, 3.05) is 6.61 Å². The second-order valence-electron chi connectivity index (χ2n) is 3.93. The predicted molar refractivity (Wildman–Crippen MR) is 64.8 cm³/mol. The lowest BCUT2D eigenvalue weighted by Gasteiger charge is -2.13. The molecule has 0 aromatic heterocycles. The summed E-state index contributed by atoms with van der Waals surface area (Å²) in [7, 11) is 0. The van der Waals surface area contributed by atoms with Crippen LogP contribution in [0.15, 0.2) is 43.0 Å². The van der Waals surface area contributed by atoms with E-state index in [1.165, 1.54) is 5.56 Å². The first-order valence-electron chi connectivity index (χ1n) is 5.62. The first kappa shape index (κ1) is 12.0. The van der Waals surface area contributed by atoms with Crippen molar-refractivity contribution in [2.24, 2.45) is 5.92 Å². The van der Waals surface area contributed by atoms with Gasteiger partial charge < -0.3 is 5.11 Å². The van der Waals surface area contributed by atoms with Crippen LogP contribution < -0.4 is 0 Å². The van der Waals surface area contributed by atoms with Crippen molar-refractivity contribution < 1.29 is 5.11 Å². The fourth-order valence-electron chi connectivity index (χ4n) is 1.81. The minimum atomic E-state index is 0.285. The zero-order valence-electron chi connectivity index (χ0n) is 9.23. The van der Waals surface area contributed by atoms with E-state index in [0.717, 1.165) is 25.7 Å². The van der Waals surface area contributed by atoms with Crippen LogP contribution in [0.1, 0.15) is 24.8 Å². The summed E-state index contributed by atoms with van der Waals surface area (Å²) in [6.45, 7) is 4.04. The summed E-state index contributed by atoms with van der Waals surface area (Å²) in [6, 6.07) is 10.5. The zero-order valence-corrected chi connectivity index (χ0v) is 9.23. The molecule has 0 aliphatic carbocycles. The Kier molecular flexibility index (Phi) is 5.79. The Morgan fingerprint density at radius 2 is 1.93 bits per heavy atom. The molecule has 0 amide bonds. The van der Waals surface area contributed by atoms with Crippen molar-refractivity contribution in [3.63, 3.8) is 0 Å². The molecule has 0 fully saturated rings. The van der Waals surface area contributed by atoms with E-state index in [1.54, 1.807) is 0 Å². The molecule has 0 heterocycles. The Morgan fingerprint density at radius 3 is 2.53 bits per heavy atom. The zero-order chi connectivity index (χ0) is 10.9. The highest BCUT2D eigenvalue weighted by Crippen LogP contribution is 2.16. The van der Waals surface area contributed by atoms with Crippen molar-refractivity contribution in [2.45, 2.75) is 25.7 Å². The normalized spacial score (nSPS) is 12.3. The molecule has 1 heteroatoms. The van der Waals surface area contributed by atoms with Gasteiger partial charge in [-0.15, -0.1) is 6.58 Å². The van der Waals surface area contributed by atoms with Crippen molar-refractivity contribution in [3.8, 4) is 0 Å². The summed E-state index contributed by atoms with van der Waals surface area (Å²) in [4.78, 5) is 0. The largest absolute Gasteiger partial charge is 0.396 e. The lowest BCUT2D eigenvalue weighted by Crippen LogP contribution is -2.03. The van der Waals surface area contributed by atoms with Crippen LogP contribution in [-0.2, 0) is 6.42 Å². The smallest absolute Gasteiger partial charge is 0.0433 e. The Bertz CT molecular complexity index is 266. The van der Waals surface area contributed by atoms with E-state index in [9.17, 15) is 0 Å². The third-order valence-corrected chi connectivity index (χ3v) is 2.72. The fourth-order valence-corrected chi connectivity index (χ4v) is 1.81. The molecule has 0 aliphatic rings. The molecule has 1 nitrogen and oxygen atoms in total. The van der Waals surface area contributed by atoms with Crippen LogP contribution in [0.25, 0.3) is 0 Å². The van der Waals surface area contributed by atoms with E-state index in [2.05, 4.69) is 30.8 Å². The Hall–Kier alpha value is -1.08. The summed E-state index contributed by atoms with van der Waals surface area (Å²) in [5.74, 6) is 0.577. The maximum Gasteiger partial charge on any atom is 0.0433 e. The molecular weight excluding hydrogens is 184 g/mol. The van der Waals surface area contributed by atoms with Gasteiger partial charge in [-0.1, -0.05) is 36.4 Å². The Labute approximate surface area is 92.5 Å². The molecule has 1 rings (SSSR count). The van der Waals surface area contributed by atoms with E-state index < -0.39 is 0 Å². The van der Waals surface area contributed by atoms with Gasteiger partial charge in [0.2, 0.25) is 0 Å². The molecule has 82 valence electrons. The highest BCUT2D eigenvalue weighted by atomic mass is 16.3. The highest BCUT2D eigenvalue weighted by molar-refractivity contribution is 5.14. The Morgan fingerprint density at radius 1 is 1.20 bits per heavy atom. The average Bonchev–Trinajstić information content (AvgIpc) is 2.28. The van der Waals surface area contributed by atoms with Crippen LogP contribution in [0.5, 0.6) is 0 Å². The molecule has 0 radical (unpaired) electrons. The number of hydrogen-bond donors (Lipinski definition) is 1. The number of hydrogen-bond acceptors (Lipinski definition) is 1. The highest BCUT2D eigenvalue weighted by Gasteiger charge is 2.06. The summed E-state index contributed by atoms with van der Waals surface area (Å²) in [5, 5.41) is 8.93. The van der Waals surface area contributed by atoms with Gasteiger partial charge in [-0.3, -0.25) is 0 Å². The molecule has 0 bridgehead atoms. The minimum absolute atomic E-state index is 0.285. The second kappa shape index (κ2) is 7.24. The van der Waals surface area contributed by atoms with Crippen molar-refractivity contribution in [1.82, 2.24) is 0 Å². The SMILES string of the molecule is C=CCC(CCO)CCc1ccccc1. The molecule has 1 aromatic carbocycles. The predicted octanol–water partition coefficient (Wildman–Crippen LogP) is 3.19. The quantitative estimate of drug-likeness (QED) is 0.676. The molecule has 1 atom stereocenters. The van der Waals surface area contributed by atoms with Gasteiger partial charge in [0.1, 0.15) is 0 Å². The summed E-state index contributed by atoms with van der Waals surface area (Å²) < 4.78 is 0. The van der Waals surface area contributed by atoms with Crippen LogP contribution in [0, 0.1) is 5.92 Å². The first-order chi connectivity index (χ1) is 7.36.